The molecule has 0 radical (unpaired) electrons. The second-order valence-electron chi connectivity index (χ2n) is 7.06. The number of amides is 1. The summed E-state index contributed by atoms with van der Waals surface area (Å²) in [6.45, 7) is 0. The van der Waals surface area contributed by atoms with Crippen LogP contribution < -0.4 is 5.32 Å². The van der Waals surface area contributed by atoms with Crippen molar-refractivity contribution in [1.29, 1.82) is 0 Å². The van der Waals surface area contributed by atoms with Crippen LogP contribution in [0.1, 0.15) is 16.8 Å². The predicted molar refractivity (Wildman–Crippen MR) is 99.3 cm³/mol. The first-order chi connectivity index (χ1) is 13.0. The Morgan fingerprint density at radius 1 is 1.04 bits per heavy atom. The third-order valence-corrected chi connectivity index (χ3v) is 5.60. The Kier molecular flexibility index (Phi) is 4.18. The summed E-state index contributed by atoms with van der Waals surface area (Å²) in [5.41, 5.74) is 0.580. The minimum Gasteiger partial charge on any atom is -0.481 e. The first kappa shape index (κ1) is 17.3. The van der Waals surface area contributed by atoms with Crippen molar-refractivity contribution in [2.45, 2.75) is 6.42 Å². The van der Waals surface area contributed by atoms with E-state index in [4.69, 9.17) is 4.74 Å². The Labute approximate surface area is 155 Å². The number of fused-ring (bicyclic) bond motifs is 3. The van der Waals surface area contributed by atoms with Crippen LogP contribution in [0.25, 0.3) is 10.8 Å². The Bertz CT molecular complexity index is 980. The highest BCUT2D eigenvalue weighted by atomic mass is 16.5. The Morgan fingerprint density at radius 3 is 2.30 bits per heavy atom. The molecule has 0 aromatic heterocycles. The highest BCUT2D eigenvalue weighted by molar-refractivity contribution is 6.06. The molecule has 2 bridgehead atoms. The minimum absolute atomic E-state index is 0.0851. The maximum atomic E-state index is 13.0. The van der Waals surface area contributed by atoms with E-state index in [1.165, 1.54) is 7.11 Å². The summed E-state index contributed by atoms with van der Waals surface area (Å²) in [4.78, 5) is 36.8. The molecule has 1 saturated carbocycles. The maximum absolute atomic E-state index is 13.0. The molecule has 6 heteroatoms. The van der Waals surface area contributed by atoms with Crippen LogP contribution in [0.2, 0.25) is 0 Å². The molecule has 0 aliphatic heterocycles. The number of hydrogen-bond donors (Lipinski definition) is 2. The number of rotatable bonds is 4. The molecule has 0 unspecified atom stereocenters. The van der Waals surface area contributed by atoms with Crippen molar-refractivity contribution < 1.29 is 24.2 Å². The van der Waals surface area contributed by atoms with Crippen LogP contribution in [0.15, 0.2) is 48.6 Å². The molecule has 2 aliphatic carbocycles. The fraction of sp³-hybridized carbons (Fsp3) is 0.286. The van der Waals surface area contributed by atoms with Crippen molar-refractivity contribution in [2.75, 3.05) is 12.4 Å². The average Bonchev–Trinajstić information content (AvgIpc) is 3.28. The maximum Gasteiger partial charge on any atom is 0.339 e. The lowest BCUT2D eigenvalue weighted by molar-refractivity contribution is -0.146. The Hall–Kier alpha value is -3.15. The number of carbonyl (C=O) groups is 3. The molecule has 0 heterocycles. The van der Waals surface area contributed by atoms with Gasteiger partial charge in [0.15, 0.2) is 0 Å². The molecular formula is C21H19NO5. The molecule has 2 aliphatic rings. The number of allylic oxidation sites excluding steroid dienone is 2. The zero-order valence-corrected chi connectivity index (χ0v) is 14.7. The summed E-state index contributed by atoms with van der Waals surface area (Å²) in [6.07, 6.45) is 4.50. The standard InChI is InChI=1S/C21H19NO5/c1-27-21(26)15-9-11-4-2-3-5-12(11)10-16(15)22-19(23)17-13-6-7-14(8-13)18(17)20(24)25/h2-7,9-10,13-14,17-18H,8H2,1H3,(H,22,23)(H,24,25)/t13-,14-,17-,18-/m0/s1. The van der Waals surface area contributed by atoms with Gasteiger partial charge in [-0.15, -0.1) is 0 Å². The van der Waals surface area contributed by atoms with Gasteiger partial charge >= 0.3 is 11.9 Å². The number of nitrogens with one attached hydrogen (secondary N) is 1. The molecule has 1 fully saturated rings. The van der Waals surface area contributed by atoms with Crippen molar-refractivity contribution in [3.8, 4) is 0 Å². The average molecular weight is 365 g/mol. The molecule has 2 aromatic rings. The van der Waals surface area contributed by atoms with Crippen LogP contribution in [0.4, 0.5) is 5.69 Å². The zero-order valence-electron chi connectivity index (χ0n) is 14.7. The number of carbonyl (C=O) groups excluding carboxylic acids is 2. The molecule has 0 saturated heterocycles. The van der Waals surface area contributed by atoms with E-state index in [2.05, 4.69) is 5.32 Å². The first-order valence-corrected chi connectivity index (χ1v) is 8.82. The van der Waals surface area contributed by atoms with E-state index in [9.17, 15) is 19.5 Å². The van der Waals surface area contributed by atoms with E-state index in [-0.39, 0.29) is 23.3 Å². The van der Waals surface area contributed by atoms with Gasteiger partial charge in [0.1, 0.15) is 0 Å². The van der Waals surface area contributed by atoms with Gasteiger partial charge in [-0.1, -0.05) is 36.4 Å². The van der Waals surface area contributed by atoms with Crippen LogP contribution in [0.3, 0.4) is 0 Å². The summed E-state index contributed by atoms with van der Waals surface area (Å²) in [5.74, 6) is -3.47. The summed E-state index contributed by atoms with van der Waals surface area (Å²) < 4.78 is 4.85. The number of methoxy groups -OCH3 is 1. The summed E-state index contributed by atoms with van der Waals surface area (Å²) >= 11 is 0. The number of aliphatic carboxylic acids is 1. The first-order valence-electron chi connectivity index (χ1n) is 8.82. The highest BCUT2D eigenvalue weighted by Crippen LogP contribution is 2.48. The monoisotopic (exact) mass is 365 g/mol. The molecular weight excluding hydrogens is 346 g/mol. The van der Waals surface area contributed by atoms with Gasteiger partial charge in [0.2, 0.25) is 5.91 Å². The molecule has 6 nitrogen and oxygen atoms in total. The van der Waals surface area contributed by atoms with Crippen molar-refractivity contribution in [3.63, 3.8) is 0 Å². The van der Waals surface area contributed by atoms with Crippen LogP contribution in [-0.4, -0.2) is 30.1 Å². The van der Waals surface area contributed by atoms with Gasteiger partial charge in [-0.25, -0.2) is 4.79 Å². The largest absolute Gasteiger partial charge is 0.481 e. The minimum atomic E-state index is -0.960. The molecule has 27 heavy (non-hydrogen) atoms. The molecule has 4 atom stereocenters. The van der Waals surface area contributed by atoms with E-state index in [0.717, 1.165) is 10.8 Å². The smallest absolute Gasteiger partial charge is 0.339 e. The van der Waals surface area contributed by atoms with Crippen molar-refractivity contribution in [1.82, 2.24) is 0 Å². The topological polar surface area (TPSA) is 92.7 Å². The molecule has 4 rings (SSSR count). The number of carboxylic acid groups (broad SMARTS) is 1. The van der Waals surface area contributed by atoms with E-state index in [1.807, 2.05) is 36.4 Å². The third kappa shape index (κ3) is 2.87. The highest BCUT2D eigenvalue weighted by Gasteiger charge is 2.51. The van der Waals surface area contributed by atoms with E-state index in [0.29, 0.717) is 12.1 Å². The van der Waals surface area contributed by atoms with Gasteiger partial charge in [-0.05, 0) is 41.2 Å². The number of carboxylic acids is 1. The number of benzene rings is 2. The number of anilines is 1. The van der Waals surface area contributed by atoms with Crippen LogP contribution in [0, 0.1) is 23.7 Å². The van der Waals surface area contributed by atoms with Crippen molar-refractivity contribution in [2.24, 2.45) is 23.7 Å². The van der Waals surface area contributed by atoms with Gasteiger partial charge in [0, 0.05) is 0 Å². The van der Waals surface area contributed by atoms with E-state index in [1.54, 1.807) is 12.1 Å². The quantitative estimate of drug-likeness (QED) is 0.642. The zero-order chi connectivity index (χ0) is 19.1. The normalized spacial score (nSPS) is 25.5. The lowest BCUT2D eigenvalue weighted by atomic mass is 9.82. The van der Waals surface area contributed by atoms with Crippen LogP contribution in [-0.2, 0) is 14.3 Å². The van der Waals surface area contributed by atoms with Crippen LogP contribution in [0.5, 0.6) is 0 Å². The van der Waals surface area contributed by atoms with Gasteiger partial charge in [0.25, 0.3) is 0 Å². The van der Waals surface area contributed by atoms with E-state index >= 15 is 0 Å². The SMILES string of the molecule is COC(=O)c1cc2ccccc2cc1NC(=O)[C@@H]1[C@@H](C(=O)O)[C@H]2C=C[C@H]1C2. The molecule has 2 N–H and O–H groups in total. The third-order valence-electron chi connectivity index (χ3n) is 5.60. The summed E-state index contributed by atoms with van der Waals surface area (Å²) in [6, 6.07) is 10.9. The predicted octanol–water partition coefficient (Wildman–Crippen LogP) is 3.09. The fourth-order valence-corrected chi connectivity index (χ4v) is 4.35. The number of hydrogen-bond acceptors (Lipinski definition) is 4. The van der Waals surface area contributed by atoms with Gasteiger partial charge in [0.05, 0.1) is 30.2 Å². The summed E-state index contributed by atoms with van der Waals surface area (Å²) in [7, 11) is 1.28. The second kappa shape index (κ2) is 6.54. The van der Waals surface area contributed by atoms with Gasteiger partial charge in [-0.2, -0.15) is 0 Å². The van der Waals surface area contributed by atoms with Crippen molar-refractivity contribution >= 4 is 34.3 Å². The lowest BCUT2D eigenvalue weighted by Crippen LogP contribution is -2.36. The Morgan fingerprint density at radius 2 is 1.67 bits per heavy atom. The van der Waals surface area contributed by atoms with Gasteiger partial charge in [-0.3, -0.25) is 9.59 Å². The van der Waals surface area contributed by atoms with Crippen LogP contribution >= 0.6 is 0 Å². The fourth-order valence-electron chi connectivity index (χ4n) is 4.35. The Balaban J connectivity index is 1.70. The molecule has 0 spiro atoms. The lowest BCUT2D eigenvalue weighted by Gasteiger charge is -2.24. The van der Waals surface area contributed by atoms with Crippen molar-refractivity contribution in [3.05, 3.63) is 54.1 Å². The van der Waals surface area contributed by atoms with Gasteiger partial charge < -0.3 is 15.2 Å². The second-order valence-corrected chi connectivity index (χ2v) is 7.06. The summed E-state index contributed by atoms with van der Waals surface area (Å²) in [5, 5.41) is 14.1. The number of esters is 1. The molecule has 1 amide bonds. The van der Waals surface area contributed by atoms with E-state index < -0.39 is 23.8 Å². The number of ether oxygens (including phenoxy) is 1. The molecule has 138 valence electrons. The molecule has 2 aromatic carbocycles.